The van der Waals surface area contributed by atoms with Gasteiger partial charge in [0, 0.05) is 12.2 Å². The minimum Gasteiger partial charge on any atom is -0.389 e. The van der Waals surface area contributed by atoms with E-state index in [1.807, 2.05) is 37.3 Å². The molecule has 0 atom stereocenters. The predicted octanol–water partition coefficient (Wildman–Crippen LogP) is 2.64. The fourth-order valence-corrected chi connectivity index (χ4v) is 1.84. The maximum absolute atomic E-state index is 5.69. The van der Waals surface area contributed by atoms with Crippen molar-refractivity contribution < 1.29 is 0 Å². The van der Waals surface area contributed by atoms with Crippen LogP contribution in [-0.4, -0.2) is 9.97 Å². The number of nitrogens with one attached hydrogen (secondary N) is 1. The minimum absolute atomic E-state index is 0.359. The average Bonchev–Trinajstić information content (AvgIpc) is 2.37. The van der Waals surface area contributed by atoms with Crippen LogP contribution in [-0.2, 0) is 6.54 Å². The number of hydrogen-bond donors (Lipinski definition) is 2. The van der Waals surface area contributed by atoms with Crippen LogP contribution in [0.3, 0.4) is 0 Å². The SMILES string of the molecule is Cc1ccc(C(N)=S)c(NCc2ccccc2)n1. The first-order valence-electron chi connectivity index (χ1n) is 5.72. The van der Waals surface area contributed by atoms with Crippen LogP contribution < -0.4 is 11.1 Å². The van der Waals surface area contributed by atoms with E-state index in [1.165, 1.54) is 5.56 Å². The van der Waals surface area contributed by atoms with Crippen molar-refractivity contribution >= 4 is 23.0 Å². The highest BCUT2D eigenvalue weighted by molar-refractivity contribution is 7.80. The molecule has 0 spiro atoms. The molecule has 0 aliphatic rings. The summed E-state index contributed by atoms with van der Waals surface area (Å²) in [5, 5.41) is 3.27. The summed E-state index contributed by atoms with van der Waals surface area (Å²) in [5.74, 6) is 0.742. The van der Waals surface area contributed by atoms with Crippen LogP contribution in [0.25, 0.3) is 0 Å². The van der Waals surface area contributed by atoms with Crippen molar-refractivity contribution in [1.82, 2.24) is 4.98 Å². The third kappa shape index (κ3) is 3.05. The van der Waals surface area contributed by atoms with Gasteiger partial charge in [0.15, 0.2) is 0 Å². The molecular weight excluding hydrogens is 242 g/mol. The van der Waals surface area contributed by atoms with Gasteiger partial charge in [-0.15, -0.1) is 0 Å². The zero-order chi connectivity index (χ0) is 13.0. The van der Waals surface area contributed by atoms with Crippen molar-refractivity contribution in [3.63, 3.8) is 0 Å². The van der Waals surface area contributed by atoms with Gasteiger partial charge in [-0.05, 0) is 24.6 Å². The molecule has 3 N–H and O–H groups in total. The number of anilines is 1. The van der Waals surface area contributed by atoms with Crippen LogP contribution >= 0.6 is 12.2 Å². The third-order valence-corrected chi connectivity index (χ3v) is 2.82. The lowest BCUT2D eigenvalue weighted by atomic mass is 10.2. The molecule has 2 rings (SSSR count). The molecule has 0 radical (unpaired) electrons. The summed E-state index contributed by atoms with van der Waals surface area (Å²) >= 11 is 5.02. The molecule has 0 amide bonds. The minimum atomic E-state index is 0.359. The van der Waals surface area contributed by atoms with E-state index in [9.17, 15) is 0 Å². The van der Waals surface area contributed by atoms with E-state index in [4.69, 9.17) is 18.0 Å². The lowest BCUT2D eigenvalue weighted by Crippen LogP contribution is -2.14. The average molecular weight is 257 g/mol. The Labute approximate surface area is 112 Å². The Morgan fingerprint density at radius 2 is 1.94 bits per heavy atom. The van der Waals surface area contributed by atoms with Crippen LogP contribution in [0.5, 0.6) is 0 Å². The molecule has 2 aromatic rings. The van der Waals surface area contributed by atoms with E-state index in [0.29, 0.717) is 11.5 Å². The highest BCUT2D eigenvalue weighted by Gasteiger charge is 2.06. The van der Waals surface area contributed by atoms with Crippen LogP contribution in [0, 0.1) is 6.92 Å². The van der Waals surface area contributed by atoms with Crippen molar-refractivity contribution in [1.29, 1.82) is 0 Å². The van der Waals surface area contributed by atoms with Gasteiger partial charge in [-0.2, -0.15) is 0 Å². The van der Waals surface area contributed by atoms with Crippen LogP contribution in [0.4, 0.5) is 5.82 Å². The molecule has 0 unspecified atom stereocenters. The van der Waals surface area contributed by atoms with E-state index >= 15 is 0 Å². The molecule has 92 valence electrons. The zero-order valence-corrected chi connectivity index (χ0v) is 11.0. The second kappa shape index (κ2) is 5.60. The summed E-state index contributed by atoms with van der Waals surface area (Å²) in [7, 11) is 0. The van der Waals surface area contributed by atoms with Crippen LogP contribution in [0.15, 0.2) is 42.5 Å². The van der Waals surface area contributed by atoms with Gasteiger partial charge in [0.1, 0.15) is 10.8 Å². The van der Waals surface area contributed by atoms with E-state index in [1.54, 1.807) is 0 Å². The van der Waals surface area contributed by atoms with Gasteiger partial charge in [0.25, 0.3) is 0 Å². The fourth-order valence-electron chi connectivity index (χ4n) is 1.67. The Balaban J connectivity index is 2.18. The lowest BCUT2D eigenvalue weighted by Gasteiger charge is -2.11. The molecule has 0 fully saturated rings. The first-order valence-corrected chi connectivity index (χ1v) is 6.13. The number of aromatic nitrogens is 1. The number of aryl methyl sites for hydroxylation is 1. The number of thiocarbonyl (C=S) groups is 1. The van der Waals surface area contributed by atoms with Gasteiger partial charge < -0.3 is 11.1 Å². The molecule has 0 aliphatic heterocycles. The number of nitrogens with zero attached hydrogens (tertiary/aromatic N) is 1. The van der Waals surface area contributed by atoms with Crippen molar-refractivity contribution in [2.24, 2.45) is 5.73 Å². The van der Waals surface area contributed by atoms with Crippen molar-refractivity contribution in [3.8, 4) is 0 Å². The van der Waals surface area contributed by atoms with Crippen molar-refractivity contribution in [3.05, 3.63) is 59.3 Å². The molecule has 18 heavy (non-hydrogen) atoms. The molecule has 0 bridgehead atoms. The molecule has 4 heteroatoms. The molecule has 1 heterocycles. The maximum atomic E-state index is 5.69. The number of rotatable bonds is 4. The molecule has 3 nitrogen and oxygen atoms in total. The standard InChI is InChI=1S/C14H15N3S/c1-10-7-8-12(13(15)18)14(17-10)16-9-11-5-3-2-4-6-11/h2-8H,9H2,1H3,(H2,15,18)(H,16,17). The second-order valence-electron chi connectivity index (χ2n) is 4.05. The van der Waals surface area contributed by atoms with Crippen LogP contribution in [0.1, 0.15) is 16.8 Å². The fraction of sp³-hybridized carbons (Fsp3) is 0.143. The quantitative estimate of drug-likeness (QED) is 0.827. The summed E-state index contributed by atoms with van der Waals surface area (Å²) in [5.41, 5.74) is 8.59. The number of hydrogen-bond acceptors (Lipinski definition) is 3. The van der Waals surface area contributed by atoms with Gasteiger partial charge in [-0.3, -0.25) is 0 Å². The third-order valence-electron chi connectivity index (χ3n) is 2.60. The Morgan fingerprint density at radius 3 is 2.61 bits per heavy atom. The highest BCUT2D eigenvalue weighted by Crippen LogP contribution is 2.14. The van der Waals surface area contributed by atoms with E-state index in [2.05, 4.69) is 22.4 Å². The number of benzene rings is 1. The maximum Gasteiger partial charge on any atom is 0.136 e. The Morgan fingerprint density at radius 1 is 1.22 bits per heavy atom. The van der Waals surface area contributed by atoms with Gasteiger partial charge >= 0.3 is 0 Å². The molecule has 0 saturated carbocycles. The predicted molar refractivity (Wildman–Crippen MR) is 78.6 cm³/mol. The van der Waals surface area contributed by atoms with Gasteiger partial charge in [-0.25, -0.2) is 4.98 Å². The zero-order valence-electron chi connectivity index (χ0n) is 10.2. The largest absolute Gasteiger partial charge is 0.389 e. The monoisotopic (exact) mass is 257 g/mol. The molecule has 0 aliphatic carbocycles. The second-order valence-corrected chi connectivity index (χ2v) is 4.49. The first-order chi connectivity index (χ1) is 8.66. The topological polar surface area (TPSA) is 50.9 Å². The summed E-state index contributed by atoms with van der Waals surface area (Å²) < 4.78 is 0. The number of pyridine rings is 1. The van der Waals surface area contributed by atoms with Gasteiger partial charge in [0.2, 0.25) is 0 Å². The summed E-state index contributed by atoms with van der Waals surface area (Å²) in [6.07, 6.45) is 0. The van der Waals surface area contributed by atoms with Crippen molar-refractivity contribution in [2.75, 3.05) is 5.32 Å². The Bertz CT molecular complexity index is 552. The summed E-state index contributed by atoms with van der Waals surface area (Å²) in [6, 6.07) is 13.9. The lowest BCUT2D eigenvalue weighted by molar-refractivity contribution is 1.09. The van der Waals surface area contributed by atoms with E-state index < -0.39 is 0 Å². The number of nitrogens with two attached hydrogens (primary N) is 1. The molecule has 1 aromatic heterocycles. The van der Waals surface area contributed by atoms with E-state index in [0.717, 1.165) is 17.1 Å². The molecular formula is C14H15N3S. The smallest absolute Gasteiger partial charge is 0.136 e. The summed E-state index contributed by atoms with van der Waals surface area (Å²) in [4.78, 5) is 4.79. The Hall–Kier alpha value is -1.94. The van der Waals surface area contributed by atoms with Crippen molar-refractivity contribution in [2.45, 2.75) is 13.5 Å². The molecule has 1 aromatic carbocycles. The van der Waals surface area contributed by atoms with E-state index in [-0.39, 0.29) is 0 Å². The summed E-state index contributed by atoms with van der Waals surface area (Å²) in [6.45, 7) is 2.64. The molecule has 0 saturated heterocycles. The Kier molecular flexibility index (Phi) is 3.89. The van der Waals surface area contributed by atoms with Gasteiger partial charge in [-0.1, -0.05) is 42.5 Å². The highest BCUT2D eigenvalue weighted by atomic mass is 32.1. The normalized spacial score (nSPS) is 10.1. The van der Waals surface area contributed by atoms with Crippen LogP contribution in [0.2, 0.25) is 0 Å². The first kappa shape index (κ1) is 12.5. The van der Waals surface area contributed by atoms with Gasteiger partial charge in [0.05, 0.1) is 5.56 Å².